The molecule has 3 aromatic rings. The third-order valence-corrected chi connectivity index (χ3v) is 7.68. The molecule has 8 heteroatoms. The van der Waals surface area contributed by atoms with E-state index in [0.29, 0.717) is 37.0 Å². The molecule has 3 saturated heterocycles. The minimum atomic E-state index is -0.258. The number of benzene rings is 2. The van der Waals surface area contributed by atoms with Gasteiger partial charge in [0, 0.05) is 37.2 Å². The van der Waals surface area contributed by atoms with Crippen LogP contribution in [0.3, 0.4) is 0 Å². The van der Waals surface area contributed by atoms with Crippen molar-refractivity contribution >= 4 is 22.8 Å². The predicted molar refractivity (Wildman–Crippen MR) is 120 cm³/mol. The second-order valence-corrected chi connectivity index (χ2v) is 9.66. The molecule has 7 nitrogen and oxygen atoms in total. The van der Waals surface area contributed by atoms with Crippen molar-refractivity contribution in [2.45, 2.75) is 44.2 Å². The van der Waals surface area contributed by atoms with Gasteiger partial charge in [0.1, 0.15) is 16.9 Å². The van der Waals surface area contributed by atoms with Gasteiger partial charge in [0.25, 0.3) is 5.91 Å². The van der Waals surface area contributed by atoms with Crippen LogP contribution < -0.4 is 0 Å². The van der Waals surface area contributed by atoms with Gasteiger partial charge in [-0.15, -0.1) is 0 Å². The number of aromatic nitrogens is 3. The van der Waals surface area contributed by atoms with Crippen LogP contribution in [-0.4, -0.2) is 62.2 Å². The number of aromatic amines is 1. The number of carbonyl (C=O) groups excluding carboxylic acids is 2. The number of hydrogen-bond donors (Lipinski definition) is 1. The zero-order chi connectivity index (χ0) is 22.5. The zero-order valence-corrected chi connectivity index (χ0v) is 18.3. The van der Waals surface area contributed by atoms with E-state index < -0.39 is 0 Å². The number of carbonyl (C=O) groups is 2. The van der Waals surface area contributed by atoms with E-state index in [1.54, 1.807) is 24.3 Å². The predicted octanol–water partition coefficient (Wildman–Crippen LogP) is 3.18. The summed E-state index contributed by atoms with van der Waals surface area (Å²) in [6.07, 6.45) is 4.06. The molecular weight excluding hydrogens is 421 g/mol. The van der Waals surface area contributed by atoms with E-state index in [2.05, 4.69) is 20.3 Å². The first-order valence-electron chi connectivity index (χ1n) is 11.7. The highest BCUT2D eigenvalue weighted by Gasteiger charge is 2.50. The maximum atomic E-state index is 13.9. The Morgan fingerprint density at radius 2 is 1.94 bits per heavy atom. The number of likely N-dealkylation sites (tertiary alicyclic amines) is 1. The van der Waals surface area contributed by atoms with Crippen molar-refractivity contribution in [3.63, 3.8) is 0 Å². The first-order chi connectivity index (χ1) is 16.1. The van der Waals surface area contributed by atoms with Crippen molar-refractivity contribution in [1.82, 2.24) is 25.2 Å². The number of amides is 2. The van der Waals surface area contributed by atoms with Crippen molar-refractivity contribution in [1.29, 1.82) is 0 Å². The Bertz CT molecular complexity index is 1230. The maximum absolute atomic E-state index is 13.9. The number of nitrogens with one attached hydrogen (secondary N) is 1. The van der Waals surface area contributed by atoms with E-state index >= 15 is 0 Å². The number of halogens is 1. The summed E-state index contributed by atoms with van der Waals surface area (Å²) >= 11 is 0. The first kappa shape index (κ1) is 20.3. The molecule has 0 aliphatic carbocycles. The molecule has 0 unspecified atom stereocenters. The van der Waals surface area contributed by atoms with Gasteiger partial charge in [-0.25, -0.2) is 4.39 Å². The maximum Gasteiger partial charge on any atom is 0.253 e. The molecule has 1 N–H and O–H groups in total. The summed E-state index contributed by atoms with van der Waals surface area (Å²) in [5, 5.41) is 10.8. The Kier molecular flexibility index (Phi) is 4.89. The van der Waals surface area contributed by atoms with Crippen LogP contribution in [0.5, 0.6) is 0 Å². The van der Waals surface area contributed by atoms with Crippen LogP contribution in [0.25, 0.3) is 11.0 Å². The lowest BCUT2D eigenvalue weighted by Gasteiger charge is -2.56. The highest BCUT2D eigenvalue weighted by Crippen LogP contribution is 2.43. The number of H-pyrrole nitrogens is 1. The van der Waals surface area contributed by atoms with E-state index in [-0.39, 0.29) is 41.6 Å². The lowest BCUT2D eigenvalue weighted by molar-refractivity contribution is -0.151. The van der Waals surface area contributed by atoms with Gasteiger partial charge < -0.3 is 9.80 Å². The molecule has 0 radical (unpaired) electrons. The van der Waals surface area contributed by atoms with Crippen molar-refractivity contribution in [3.8, 4) is 0 Å². The molecule has 2 aromatic carbocycles. The second kappa shape index (κ2) is 7.93. The van der Waals surface area contributed by atoms with Gasteiger partial charge in [-0.05, 0) is 73.4 Å². The van der Waals surface area contributed by atoms with Crippen molar-refractivity contribution in [2.24, 2.45) is 11.8 Å². The monoisotopic (exact) mass is 447 g/mol. The van der Waals surface area contributed by atoms with E-state index in [1.807, 2.05) is 17.0 Å². The minimum absolute atomic E-state index is 0.00492. The molecule has 1 aromatic heterocycles. The first-order valence-corrected chi connectivity index (χ1v) is 11.7. The Morgan fingerprint density at radius 3 is 2.82 bits per heavy atom. The lowest BCUT2D eigenvalue weighted by Crippen LogP contribution is -2.66. The fourth-order valence-electron chi connectivity index (χ4n) is 6.26. The molecule has 2 amide bonds. The summed E-state index contributed by atoms with van der Waals surface area (Å²) in [7, 11) is 0. The van der Waals surface area contributed by atoms with Crippen molar-refractivity contribution < 1.29 is 14.0 Å². The average Bonchev–Trinajstić information content (AvgIpc) is 3.29. The van der Waals surface area contributed by atoms with Gasteiger partial charge in [-0.3, -0.25) is 9.59 Å². The molecule has 0 saturated carbocycles. The summed E-state index contributed by atoms with van der Waals surface area (Å²) < 4.78 is 13.9. The van der Waals surface area contributed by atoms with Gasteiger partial charge in [0.2, 0.25) is 5.91 Å². The van der Waals surface area contributed by atoms with Crippen molar-refractivity contribution in [2.75, 3.05) is 13.1 Å². The van der Waals surface area contributed by atoms with E-state index in [0.717, 1.165) is 30.3 Å². The van der Waals surface area contributed by atoms with E-state index in [4.69, 9.17) is 0 Å². The van der Waals surface area contributed by atoms with E-state index in [9.17, 15) is 14.0 Å². The third kappa shape index (κ3) is 3.57. The standard InChI is InChI=1S/C25H26FN5O2/c26-19-4-1-3-15(9-19)10-23-18-11-17(22-5-2-6-24(32)31(22)23)13-30(14-18)25(33)16-7-8-20-21(12-16)28-29-27-20/h1,3-4,7-9,12,17-18,22-23H,2,5-6,10-11,13-14H2,(H,27,28,29)/t17-,18+,22+,23+/m1/s1. The topological polar surface area (TPSA) is 82.2 Å². The van der Waals surface area contributed by atoms with Crippen LogP contribution in [0.15, 0.2) is 42.5 Å². The molecule has 4 atom stereocenters. The van der Waals surface area contributed by atoms with Gasteiger partial charge in [0.05, 0.1) is 0 Å². The molecule has 4 heterocycles. The van der Waals surface area contributed by atoms with Crippen LogP contribution in [0, 0.1) is 17.7 Å². The zero-order valence-electron chi connectivity index (χ0n) is 18.3. The van der Waals surface area contributed by atoms with E-state index in [1.165, 1.54) is 6.07 Å². The molecule has 3 aliphatic rings. The third-order valence-electron chi connectivity index (χ3n) is 7.68. The quantitative estimate of drug-likeness (QED) is 0.669. The van der Waals surface area contributed by atoms with Gasteiger partial charge in [0.15, 0.2) is 0 Å². The highest BCUT2D eigenvalue weighted by atomic mass is 19.1. The Balaban J connectivity index is 1.30. The lowest BCUT2D eigenvalue weighted by atomic mass is 9.70. The summed E-state index contributed by atoms with van der Waals surface area (Å²) in [6, 6.07) is 12.2. The smallest absolute Gasteiger partial charge is 0.253 e. The fourth-order valence-corrected chi connectivity index (χ4v) is 6.26. The Hall–Kier alpha value is -3.29. The molecule has 170 valence electrons. The molecule has 33 heavy (non-hydrogen) atoms. The molecule has 3 aliphatic heterocycles. The van der Waals surface area contributed by atoms with Gasteiger partial charge >= 0.3 is 0 Å². The second-order valence-electron chi connectivity index (χ2n) is 9.66. The van der Waals surface area contributed by atoms with Crippen LogP contribution >= 0.6 is 0 Å². The number of nitrogens with zero attached hydrogens (tertiary/aromatic N) is 4. The summed E-state index contributed by atoms with van der Waals surface area (Å²) in [6.45, 7) is 1.26. The summed E-state index contributed by atoms with van der Waals surface area (Å²) in [4.78, 5) is 30.5. The normalized spacial score (nSPS) is 27.0. The number of rotatable bonds is 3. The van der Waals surface area contributed by atoms with Gasteiger partial charge in [-0.2, -0.15) is 15.4 Å². The summed E-state index contributed by atoms with van der Waals surface area (Å²) in [5.41, 5.74) is 2.91. The van der Waals surface area contributed by atoms with Gasteiger partial charge in [-0.1, -0.05) is 12.1 Å². The molecule has 6 rings (SSSR count). The highest BCUT2D eigenvalue weighted by molar-refractivity contribution is 5.97. The van der Waals surface area contributed by atoms with Crippen LogP contribution in [0.2, 0.25) is 0 Å². The van der Waals surface area contributed by atoms with Crippen molar-refractivity contribution in [3.05, 3.63) is 59.4 Å². The van der Waals surface area contributed by atoms with Crippen LogP contribution in [0.1, 0.15) is 41.6 Å². The number of hydrogen-bond acceptors (Lipinski definition) is 4. The number of piperidine rings is 3. The molecular formula is C25H26FN5O2. The molecule has 3 fully saturated rings. The fraction of sp³-hybridized carbons (Fsp3) is 0.440. The Labute approximate surface area is 190 Å². The minimum Gasteiger partial charge on any atom is -0.338 e. The summed E-state index contributed by atoms with van der Waals surface area (Å²) in [5.74, 6) is 0.390. The van der Waals surface area contributed by atoms with Crippen LogP contribution in [0.4, 0.5) is 4.39 Å². The van der Waals surface area contributed by atoms with Crippen LogP contribution in [-0.2, 0) is 11.2 Å². The largest absolute Gasteiger partial charge is 0.338 e. The Morgan fingerprint density at radius 1 is 1.09 bits per heavy atom. The SMILES string of the molecule is O=C(c1ccc2n[nH]nc2c1)N1C[C@H]2C[C@@H](C1)[C@H](Cc1cccc(F)c1)N1C(=O)CCC[C@@H]21. The molecule has 0 spiro atoms. The molecule has 2 bridgehead atoms. The number of fused-ring (bicyclic) bond motifs is 5. The average molecular weight is 448 g/mol.